The molecule has 6 aromatic carbocycles. The molecule has 58 heavy (non-hydrogen) atoms. The van der Waals surface area contributed by atoms with Gasteiger partial charge in [0.25, 0.3) is 6.33 Å². The number of nitrogens with zero attached hydrogens (tertiary/aromatic N) is 5. The first kappa shape index (κ1) is 36.8. The summed E-state index contributed by atoms with van der Waals surface area (Å²) in [5, 5.41) is 7.61. The summed E-state index contributed by atoms with van der Waals surface area (Å²) in [5.41, 5.74) is 10.8. The van der Waals surface area contributed by atoms with Gasteiger partial charge in [0.1, 0.15) is 17.3 Å². The molecule has 0 aliphatic carbocycles. The number of pyridine rings is 1. The number of aromatic nitrogens is 5. The second kappa shape index (κ2) is 14.3. The molecule has 3 aromatic heterocycles. The summed E-state index contributed by atoms with van der Waals surface area (Å²) in [6.07, 6.45) is 5.54. The summed E-state index contributed by atoms with van der Waals surface area (Å²) >= 11 is 0. The van der Waals surface area contributed by atoms with Crippen molar-refractivity contribution in [3.63, 3.8) is 0 Å². The van der Waals surface area contributed by atoms with E-state index in [2.05, 4.69) is 197 Å². The summed E-state index contributed by atoms with van der Waals surface area (Å²) < 4.78 is 12.9. The first-order valence-corrected chi connectivity index (χ1v) is 19.9. The highest BCUT2D eigenvalue weighted by Gasteiger charge is 2.22. The van der Waals surface area contributed by atoms with Gasteiger partial charge in [0, 0.05) is 28.6 Å². The summed E-state index contributed by atoms with van der Waals surface area (Å²) in [5.74, 6) is 3.10. The van der Waals surface area contributed by atoms with Gasteiger partial charge in [-0.2, -0.15) is 4.68 Å². The second-order valence-corrected chi connectivity index (χ2v) is 17.1. The highest BCUT2D eigenvalue weighted by atomic mass is 16.5. The quantitative estimate of drug-likeness (QED) is 0.120. The van der Waals surface area contributed by atoms with Crippen LogP contribution in [-0.4, -0.2) is 19.2 Å². The lowest BCUT2D eigenvalue weighted by molar-refractivity contribution is -0.660. The van der Waals surface area contributed by atoms with E-state index in [1.165, 1.54) is 16.5 Å². The second-order valence-electron chi connectivity index (χ2n) is 17.1. The summed E-state index contributed by atoms with van der Waals surface area (Å²) in [6, 6.07) is 52.8. The maximum atomic E-state index is 6.73. The molecule has 9 rings (SSSR count). The first-order valence-electron chi connectivity index (χ1n) is 19.9. The van der Waals surface area contributed by atoms with E-state index in [9.17, 15) is 0 Å². The van der Waals surface area contributed by atoms with Crippen molar-refractivity contribution in [3.05, 3.63) is 181 Å². The highest BCUT2D eigenvalue weighted by Crippen LogP contribution is 2.38. The Labute approximate surface area is 340 Å². The summed E-state index contributed by atoms with van der Waals surface area (Å²) in [7, 11) is 0. The fraction of sp³-hybridized carbons (Fsp3) is 0.173. The molecule has 0 aliphatic rings. The van der Waals surface area contributed by atoms with Crippen molar-refractivity contribution in [3.8, 4) is 51.2 Å². The lowest BCUT2D eigenvalue weighted by Gasteiger charge is -2.20. The van der Waals surface area contributed by atoms with E-state index in [4.69, 9.17) is 14.8 Å². The van der Waals surface area contributed by atoms with Gasteiger partial charge >= 0.3 is 0 Å². The molecule has 0 radical (unpaired) electrons. The van der Waals surface area contributed by atoms with Gasteiger partial charge in [0.2, 0.25) is 0 Å². The number of fused-ring (bicyclic) bond motifs is 3. The third-order valence-corrected chi connectivity index (χ3v) is 10.9. The van der Waals surface area contributed by atoms with Gasteiger partial charge in [-0.25, -0.2) is 4.98 Å². The zero-order chi connectivity index (χ0) is 40.2. The molecule has 0 fully saturated rings. The van der Waals surface area contributed by atoms with E-state index in [0.29, 0.717) is 5.75 Å². The molecule has 3 heterocycles. The molecule has 0 amide bonds. The van der Waals surface area contributed by atoms with Gasteiger partial charge in [-0.15, -0.1) is 5.10 Å². The van der Waals surface area contributed by atoms with Crippen molar-refractivity contribution >= 4 is 21.8 Å². The zero-order valence-corrected chi connectivity index (χ0v) is 34.2. The summed E-state index contributed by atoms with van der Waals surface area (Å²) in [4.78, 5) is 4.87. The minimum absolute atomic E-state index is 0.0136. The van der Waals surface area contributed by atoms with E-state index >= 15 is 0 Å². The molecule has 9 aromatic rings. The van der Waals surface area contributed by atoms with Crippen LogP contribution in [0.4, 0.5) is 0 Å². The number of benzene rings is 6. The molecule has 0 atom stereocenters. The Balaban J connectivity index is 1.17. The fourth-order valence-corrected chi connectivity index (χ4v) is 7.78. The number of hydrogen-bond acceptors (Lipinski definition) is 3. The first-order chi connectivity index (χ1) is 27.9. The van der Waals surface area contributed by atoms with Crippen LogP contribution in [-0.2, 0) is 10.8 Å². The van der Waals surface area contributed by atoms with Crippen LogP contribution in [0.3, 0.4) is 0 Å². The van der Waals surface area contributed by atoms with Crippen LogP contribution in [0.2, 0.25) is 0 Å². The maximum Gasteiger partial charge on any atom is 0.273 e. The third kappa shape index (κ3) is 6.85. The third-order valence-electron chi connectivity index (χ3n) is 10.9. The number of aryl methyl sites for hydroxylation is 1. The number of ether oxygens (including phenoxy) is 1. The average molecular weight is 758 g/mol. The van der Waals surface area contributed by atoms with Crippen molar-refractivity contribution in [2.45, 2.75) is 59.3 Å². The minimum Gasteiger partial charge on any atom is -0.458 e. The van der Waals surface area contributed by atoms with Crippen molar-refractivity contribution < 1.29 is 9.42 Å². The van der Waals surface area contributed by atoms with E-state index in [-0.39, 0.29) is 10.8 Å². The fourth-order valence-electron chi connectivity index (χ4n) is 7.78. The standard InChI is InChI=1S/C52H47N5O/c1-35-16-13-24-43(36-17-9-8-10-18-36)49(35)50-54-56(40-21-14-19-37(30-40)51(2,3)4)34-55(50)39-20-15-22-41(32-39)58-42-26-27-45-44-23-11-12-25-46(44)57(47(45)33-42)48-31-38(28-29-53-48)52(5,6)7/h8-33H,1-7H3. The average Bonchev–Trinajstić information content (AvgIpc) is 3.80. The van der Waals surface area contributed by atoms with Crippen LogP contribution in [0.5, 0.6) is 11.5 Å². The Morgan fingerprint density at radius 2 is 1.31 bits per heavy atom. The maximum absolute atomic E-state index is 6.73. The SMILES string of the molecule is Cc1cccc(-c2ccccc2)c1-c1n[n+](-c2cccc(C(C)(C)C)c2)[c-]n1-c1cccc(Oc2ccc3c4ccccc4n(-c4cc(C(C)(C)C)ccn4)c3c2)c1. The van der Waals surface area contributed by atoms with E-state index < -0.39 is 0 Å². The molecular formula is C52H47N5O. The van der Waals surface area contributed by atoms with Gasteiger partial charge in [-0.3, -0.25) is 9.13 Å². The molecule has 0 spiro atoms. The molecule has 0 unspecified atom stereocenters. The summed E-state index contributed by atoms with van der Waals surface area (Å²) in [6.45, 7) is 15.5. The molecule has 0 N–H and O–H groups in total. The highest BCUT2D eigenvalue weighted by molar-refractivity contribution is 6.09. The van der Waals surface area contributed by atoms with Crippen molar-refractivity contribution in [1.82, 2.24) is 19.2 Å². The monoisotopic (exact) mass is 757 g/mol. The van der Waals surface area contributed by atoms with Crippen LogP contribution >= 0.6 is 0 Å². The topological polar surface area (TPSA) is 48.8 Å². The van der Waals surface area contributed by atoms with Gasteiger partial charge < -0.3 is 4.74 Å². The molecule has 0 saturated carbocycles. The van der Waals surface area contributed by atoms with Crippen LogP contribution in [0.1, 0.15) is 58.2 Å². The predicted octanol–water partition coefficient (Wildman–Crippen LogP) is 12.5. The van der Waals surface area contributed by atoms with Crippen LogP contribution in [0.25, 0.3) is 61.5 Å². The number of hydrogen-bond donors (Lipinski definition) is 0. The predicted molar refractivity (Wildman–Crippen MR) is 236 cm³/mol. The van der Waals surface area contributed by atoms with Gasteiger partial charge in [-0.05, 0) is 88.0 Å². The Bertz CT molecular complexity index is 2960. The van der Waals surface area contributed by atoms with Gasteiger partial charge in [-0.1, -0.05) is 145 Å². The van der Waals surface area contributed by atoms with E-state index in [1.807, 2.05) is 29.1 Å². The Hall–Kier alpha value is -6.79. The van der Waals surface area contributed by atoms with Gasteiger partial charge in [0.15, 0.2) is 5.82 Å². The zero-order valence-electron chi connectivity index (χ0n) is 34.2. The van der Waals surface area contributed by atoms with Gasteiger partial charge in [0.05, 0.1) is 22.4 Å². The lowest BCUT2D eigenvalue weighted by Crippen LogP contribution is -2.33. The number of rotatable bonds is 7. The Kier molecular flexibility index (Phi) is 9.08. The molecule has 6 nitrogen and oxygen atoms in total. The minimum atomic E-state index is -0.0194. The van der Waals surface area contributed by atoms with Crippen LogP contribution in [0, 0.1) is 13.3 Å². The van der Waals surface area contributed by atoms with E-state index in [0.717, 1.165) is 67.4 Å². The Morgan fingerprint density at radius 1 is 0.603 bits per heavy atom. The lowest BCUT2D eigenvalue weighted by atomic mass is 9.87. The van der Waals surface area contributed by atoms with Crippen molar-refractivity contribution in [1.29, 1.82) is 0 Å². The molecular weight excluding hydrogens is 711 g/mol. The number of para-hydroxylation sites is 1. The Morgan fingerprint density at radius 3 is 2.12 bits per heavy atom. The molecule has 0 aliphatic heterocycles. The smallest absolute Gasteiger partial charge is 0.273 e. The molecule has 286 valence electrons. The van der Waals surface area contributed by atoms with Crippen LogP contribution < -0.4 is 9.42 Å². The van der Waals surface area contributed by atoms with Crippen molar-refractivity contribution in [2.24, 2.45) is 0 Å². The van der Waals surface area contributed by atoms with Crippen LogP contribution in [0.15, 0.2) is 158 Å². The molecule has 6 heteroatoms. The largest absolute Gasteiger partial charge is 0.458 e. The normalized spacial score (nSPS) is 12.1. The van der Waals surface area contributed by atoms with Crippen molar-refractivity contribution in [2.75, 3.05) is 0 Å². The molecule has 0 bridgehead atoms. The van der Waals surface area contributed by atoms with E-state index in [1.54, 1.807) is 0 Å². The molecule has 0 saturated heterocycles.